The first-order valence-electron chi connectivity index (χ1n) is 6.35. The second-order valence-electron chi connectivity index (χ2n) is 4.15. The fourth-order valence-electron chi connectivity index (χ4n) is 1.87. The largest absolute Gasteiger partial charge is 0.378 e. The predicted molar refractivity (Wildman–Crippen MR) is 66.0 cm³/mol. The van der Waals surface area contributed by atoms with Crippen molar-refractivity contribution in [2.24, 2.45) is 0 Å². The van der Waals surface area contributed by atoms with Crippen LogP contribution in [0.1, 0.15) is 51.9 Å². The molecule has 0 saturated carbocycles. The average Bonchev–Trinajstić information content (AvgIpc) is 2.29. The van der Waals surface area contributed by atoms with Crippen molar-refractivity contribution in [1.29, 1.82) is 0 Å². The maximum absolute atomic E-state index is 5.68. The molecule has 1 saturated heterocycles. The first kappa shape index (κ1) is 12.5. The lowest BCUT2D eigenvalue weighted by Gasteiger charge is -2.21. The lowest BCUT2D eigenvalue weighted by molar-refractivity contribution is 0.0119. The molecule has 86 valence electrons. The van der Waals surface area contributed by atoms with Crippen LogP contribution in [0.4, 0.5) is 0 Å². The Kier molecular flexibility index (Phi) is 7.28. The van der Waals surface area contributed by atoms with E-state index in [2.05, 4.69) is 31.2 Å². The van der Waals surface area contributed by atoms with E-state index >= 15 is 0 Å². The van der Waals surface area contributed by atoms with E-state index in [-0.39, 0.29) is 0 Å². The van der Waals surface area contributed by atoms with Crippen LogP contribution in [-0.2, 0) is 4.74 Å². The Balaban J connectivity index is 1.97. The Morgan fingerprint density at radius 3 is 2.73 bits per heavy atom. The molecule has 1 aliphatic heterocycles. The Bertz CT molecular complexity index is 188. The van der Waals surface area contributed by atoms with Gasteiger partial charge in [0.2, 0.25) is 0 Å². The summed E-state index contributed by atoms with van der Waals surface area (Å²) in [6, 6.07) is 0. The Morgan fingerprint density at radius 2 is 2.00 bits per heavy atom. The molecule has 0 amide bonds. The summed E-state index contributed by atoms with van der Waals surface area (Å²) in [5, 5.41) is 0. The fourth-order valence-corrected chi connectivity index (χ4v) is 1.87. The van der Waals surface area contributed by atoms with Crippen LogP contribution in [-0.4, -0.2) is 12.7 Å². The molecule has 0 aromatic carbocycles. The summed E-state index contributed by atoms with van der Waals surface area (Å²) >= 11 is 0. The first-order valence-corrected chi connectivity index (χ1v) is 6.35. The number of allylic oxidation sites excluding steroid dienone is 4. The summed E-state index contributed by atoms with van der Waals surface area (Å²) in [4.78, 5) is 0. The van der Waals surface area contributed by atoms with Gasteiger partial charge in [0.1, 0.15) is 0 Å². The van der Waals surface area contributed by atoms with Crippen LogP contribution in [0.15, 0.2) is 24.3 Å². The van der Waals surface area contributed by atoms with Gasteiger partial charge in [-0.2, -0.15) is 0 Å². The highest BCUT2D eigenvalue weighted by Gasteiger charge is 2.11. The smallest absolute Gasteiger partial charge is 0.0578 e. The van der Waals surface area contributed by atoms with Crippen molar-refractivity contribution in [3.8, 4) is 0 Å². The van der Waals surface area contributed by atoms with Crippen LogP contribution in [0.5, 0.6) is 0 Å². The van der Waals surface area contributed by atoms with E-state index in [1.165, 1.54) is 32.1 Å². The molecule has 0 aromatic heterocycles. The van der Waals surface area contributed by atoms with Gasteiger partial charge in [0.15, 0.2) is 0 Å². The van der Waals surface area contributed by atoms with Gasteiger partial charge >= 0.3 is 0 Å². The molecular weight excluding hydrogens is 184 g/mol. The molecule has 0 N–H and O–H groups in total. The second-order valence-corrected chi connectivity index (χ2v) is 4.15. The average molecular weight is 208 g/mol. The van der Waals surface area contributed by atoms with E-state index in [0.717, 1.165) is 19.4 Å². The van der Waals surface area contributed by atoms with Gasteiger partial charge in [-0.3, -0.25) is 0 Å². The molecule has 1 atom stereocenters. The van der Waals surface area contributed by atoms with E-state index in [1.807, 2.05) is 0 Å². The summed E-state index contributed by atoms with van der Waals surface area (Å²) in [5.74, 6) is 0. The monoisotopic (exact) mass is 208 g/mol. The second kappa shape index (κ2) is 8.72. The highest BCUT2D eigenvalue weighted by Crippen LogP contribution is 2.16. The van der Waals surface area contributed by atoms with E-state index in [0.29, 0.717) is 6.10 Å². The normalized spacial score (nSPS) is 22.9. The van der Waals surface area contributed by atoms with Crippen molar-refractivity contribution in [2.45, 2.75) is 58.0 Å². The summed E-state index contributed by atoms with van der Waals surface area (Å²) in [6.45, 7) is 3.15. The summed E-state index contributed by atoms with van der Waals surface area (Å²) in [7, 11) is 0. The minimum Gasteiger partial charge on any atom is -0.378 e. The minimum atomic E-state index is 0.537. The molecule has 1 heteroatoms. The number of hydrogen-bond acceptors (Lipinski definition) is 1. The first-order chi connectivity index (χ1) is 7.43. The quantitative estimate of drug-likeness (QED) is 0.593. The van der Waals surface area contributed by atoms with Gasteiger partial charge in [-0.1, -0.05) is 31.2 Å². The van der Waals surface area contributed by atoms with Crippen LogP contribution in [0, 0.1) is 0 Å². The van der Waals surface area contributed by atoms with Crippen molar-refractivity contribution in [3.63, 3.8) is 0 Å². The van der Waals surface area contributed by atoms with Crippen LogP contribution in [0.2, 0.25) is 0 Å². The Morgan fingerprint density at radius 1 is 1.13 bits per heavy atom. The highest BCUT2D eigenvalue weighted by molar-refractivity contribution is 4.92. The third kappa shape index (κ3) is 6.51. The van der Waals surface area contributed by atoms with Gasteiger partial charge in [-0.15, -0.1) is 0 Å². The van der Waals surface area contributed by atoms with E-state index in [1.54, 1.807) is 0 Å². The third-order valence-electron chi connectivity index (χ3n) is 2.77. The zero-order valence-electron chi connectivity index (χ0n) is 9.95. The van der Waals surface area contributed by atoms with E-state index < -0.39 is 0 Å². The summed E-state index contributed by atoms with van der Waals surface area (Å²) in [5.41, 5.74) is 0. The van der Waals surface area contributed by atoms with Crippen molar-refractivity contribution < 1.29 is 4.74 Å². The molecule has 1 aliphatic rings. The topological polar surface area (TPSA) is 9.23 Å². The molecule has 0 spiro atoms. The van der Waals surface area contributed by atoms with Gasteiger partial charge in [-0.05, 0) is 44.9 Å². The molecule has 1 fully saturated rings. The zero-order valence-corrected chi connectivity index (χ0v) is 9.95. The van der Waals surface area contributed by atoms with Crippen molar-refractivity contribution in [2.75, 3.05) is 6.61 Å². The van der Waals surface area contributed by atoms with Gasteiger partial charge in [0, 0.05) is 6.61 Å². The van der Waals surface area contributed by atoms with Crippen LogP contribution in [0.25, 0.3) is 0 Å². The van der Waals surface area contributed by atoms with Crippen LogP contribution >= 0.6 is 0 Å². The standard InChI is InChI=1S/C14H24O/c1-2-3-4-5-6-7-8-11-14-12-9-10-13-15-14/h3-4,6-7,14H,2,5,8-13H2,1H3/b4-3+,7-6-. The number of hydrogen-bond donors (Lipinski definition) is 0. The van der Waals surface area contributed by atoms with Gasteiger partial charge in [0.25, 0.3) is 0 Å². The molecule has 0 aromatic rings. The van der Waals surface area contributed by atoms with Crippen molar-refractivity contribution >= 4 is 0 Å². The fraction of sp³-hybridized carbons (Fsp3) is 0.714. The van der Waals surface area contributed by atoms with Crippen LogP contribution < -0.4 is 0 Å². The maximum atomic E-state index is 5.68. The molecule has 1 rings (SSSR count). The zero-order chi connectivity index (χ0) is 10.8. The number of ether oxygens (including phenoxy) is 1. The molecule has 0 bridgehead atoms. The molecule has 1 heterocycles. The molecule has 1 nitrogen and oxygen atoms in total. The van der Waals surface area contributed by atoms with Crippen molar-refractivity contribution in [1.82, 2.24) is 0 Å². The van der Waals surface area contributed by atoms with Gasteiger partial charge < -0.3 is 4.74 Å². The highest BCUT2D eigenvalue weighted by atomic mass is 16.5. The molecule has 0 aliphatic carbocycles. The maximum Gasteiger partial charge on any atom is 0.0578 e. The molecule has 15 heavy (non-hydrogen) atoms. The minimum absolute atomic E-state index is 0.537. The number of rotatable bonds is 6. The molecular formula is C14H24O. The third-order valence-corrected chi connectivity index (χ3v) is 2.77. The Hall–Kier alpha value is -0.560. The lowest BCUT2D eigenvalue weighted by Crippen LogP contribution is -2.18. The summed E-state index contributed by atoms with van der Waals surface area (Å²) in [6.07, 6.45) is 18.0. The predicted octanol–water partition coefficient (Wildman–Crippen LogP) is 4.25. The Labute approximate surface area is 94.2 Å². The lowest BCUT2D eigenvalue weighted by atomic mass is 10.0. The van der Waals surface area contributed by atoms with Crippen molar-refractivity contribution in [3.05, 3.63) is 24.3 Å². The SMILES string of the molecule is CC/C=C/C/C=C\CCC1CCCCO1. The summed E-state index contributed by atoms with van der Waals surface area (Å²) < 4.78 is 5.68. The molecule has 0 radical (unpaired) electrons. The van der Waals surface area contributed by atoms with Gasteiger partial charge in [0.05, 0.1) is 6.10 Å². The van der Waals surface area contributed by atoms with E-state index in [4.69, 9.17) is 4.74 Å². The molecule has 1 unspecified atom stereocenters. The van der Waals surface area contributed by atoms with Crippen LogP contribution in [0.3, 0.4) is 0 Å². The van der Waals surface area contributed by atoms with E-state index in [9.17, 15) is 0 Å². The van der Waals surface area contributed by atoms with Gasteiger partial charge in [-0.25, -0.2) is 0 Å².